The van der Waals surface area contributed by atoms with Crippen molar-refractivity contribution in [3.8, 4) is 0 Å². The van der Waals surface area contributed by atoms with Crippen molar-refractivity contribution in [2.75, 3.05) is 28.6 Å². The van der Waals surface area contributed by atoms with Crippen LogP contribution in [0.2, 0.25) is 0 Å². The molecule has 0 saturated carbocycles. The van der Waals surface area contributed by atoms with Crippen molar-refractivity contribution in [3.63, 3.8) is 0 Å². The lowest BCUT2D eigenvalue weighted by molar-refractivity contribution is 0.102. The second-order valence-corrected chi connectivity index (χ2v) is 6.71. The molecule has 0 atom stereocenters. The fraction of sp³-hybridized carbons (Fsp3) is 0.238. The summed E-state index contributed by atoms with van der Waals surface area (Å²) in [6.07, 6.45) is 9.04. The molecule has 3 aromatic rings. The van der Waals surface area contributed by atoms with Crippen LogP contribution in [0.1, 0.15) is 28.8 Å². The monoisotopic (exact) mass is 374 g/mol. The van der Waals surface area contributed by atoms with Crippen molar-refractivity contribution in [2.45, 2.75) is 19.4 Å². The maximum atomic E-state index is 12.4. The van der Waals surface area contributed by atoms with E-state index >= 15 is 0 Å². The van der Waals surface area contributed by atoms with E-state index in [0.717, 1.165) is 24.3 Å². The highest BCUT2D eigenvalue weighted by Crippen LogP contribution is 2.22. The minimum atomic E-state index is -0.229. The third-order valence-electron chi connectivity index (χ3n) is 4.68. The summed E-state index contributed by atoms with van der Waals surface area (Å²) in [5.41, 5.74) is 3.40. The molecule has 7 nitrogen and oxygen atoms in total. The van der Waals surface area contributed by atoms with Gasteiger partial charge in [-0.1, -0.05) is 6.07 Å². The van der Waals surface area contributed by atoms with Gasteiger partial charge < -0.3 is 15.5 Å². The number of rotatable bonds is 6. The molecule has 2 N–H and O–H groups in total. The molecule has 3 heterocycles. The molecule has 1 aliphatic rings. The highest BCUT2D eigenvalue weighted by atomic mass is 16.1. The highest BCUT2D eigenvalue weighted by molar-refractivity contribution is 6.03. The van der Waals surface area contributed by atoms with Crippen molar-refractivity contribution in [1.82, 2.24) is 15.0 Å². The molecule has 0 unspecified atom stereocenters. The van der Waals surface area contributed by atoms with Gasteiger partial charge in [0.25, 0.3) is 5.91 Å². The van der Waals surface area contributed by atoms with Gasteiger partial charge in [-0.3, -0.25) is 9.78 Å². The number of hydrogen-bond acceptors (Lipinski definition) is 6. The lowest BCUT2D eigenvalue weighted by Crippen LogP contribution is -2.17. The average Bonchev–Trinajstić information content (AvgIpc) is 3.29. The van der Waals surface area contributed by atoms with E-state index in [1.54, 1.807) is 12.4 Å². The second kappa shape index (κ2) is 8.47. The first-order valence-electron chi connectivity index (χ1n) is 9.39. The molecule has 0 spiro atoms. The predicted octanol–water partition coefficient (Wildman–Crippen LogP) is 3.34. The van der Waals surface area contributed by atoms with Crippen molar-refractivity contribution in [3.05, 3.63) is 72.3 Å². The fourth-order valence-corrected chi connectivity index (χ4v) is 3.15. The summed E-state index contributed by atoms with van der Waals surface area (Å²) in [6.45, 7) is 2.77. The SMILES string of the molecule is O=C(Nc1ccc(N2CCCC2)cc1)c1cnc(NCc2cccnc2)nc1. The minimum absolute atomic E-state index is 0.229. The van der Waals surface area contributed by atoms with Crippen LogP contribution in [0, 0.1) is 0 Å². The van der Waals surface area contributed by atoms with Gasteiger partial charge in [0.15, 0.2) is 0 Å². The lowest BCUT2D eigenvalue weighted by Gasteiger charge is -2.17. The zero-order valence-corrected chi connectivity index (χ0v) is 15.5. The van der Waals surface area contributed by atoms with Crippen molar-refractivity contribution >= 4 is 23.2 Å². The Balaban J connectivity index is 1.33. The molecule has 0 radical (unpaired) electrons. The lowest BCUT2D eigenvalue weighted by atomic mass is 10.2. The van der Waals surface area contributed by atoms with Gasteiger partial charge in [0.05, 0.1) is 5.56 Å². The topological polar surface area (TPSA) is 83.0 Å². The number of anilines is 3. The number of aromatic nitrogens is 3. The number of carbonyl (C=O) groups is 1. The van der Waals surface area contributed by atoms with Gasteiger partial charge in [0.1, 0.15) is 0 Å². The largest absolute Gasteiger partial charge is 0.372 e. The molecule has 28 heavy (non-hydrogen) atoms. The average molecular weight is 374 g/mol. The van der Waals surface area contributed by atoms with Crippen LogP contribution in [0.25, 0.3) is 0 Å². The maximum absolute atomic E-state index is 12.4. The van der Waals surface area contributed by atoms with Crippen molar-refractivity contribution < 1.29 is 4.79 Å². The van der Waals surface area contributed by atoms with E-state index in [-0.39, 0.29) is 5.91 Å². The van der Waals surface area contributed by atoms with E-state index < -0.39 is 0 Å². The Kier molecular flexibility index (Phi) is 5.42. The highest BCUT2D eigenvalue weighted by Gasteiger charge is 2.12. The Hall–Kier alpha value is -3.48. The van der Waals surface area contributed by atoms with E-state index in [2.05, 4.69) is 30.5 Å². The Morgan fingerprint density at radius 1 is 1.00 bits per heavy atom. The summed E-state index contributed by atoms with van der Waals surface area (Å²) in [4.78, 5) is 27.3. The zero-order valence-electron chi connectivity index (χ0n) is 15.5. The van der Waals surface area contributed by atoms with Crippen LogP contribution in [0.3, 0.4) is 0 Å². The molecule has 1 aromatic carbocycles. The molecule has 0 aliphatic carbocycles. The summed E-state index contributed by atoms with van der Waals surface area (Å²) in [5.74, 6) is 0.239. The molecule has 1 aliphatic heterocycles. The van der Waals surface area contributed by atoms with Crippen LogP contribution in [0.4, 0.5) is 17.3 Å². The minimum Gasteiger partial charge on any atom is -0.372 e. The van der Waals surface area contributed by atoms with Gasteiger partial charge in [-0.15, -0.1) is 0 Å². The van der Waals surface area contributed by atoms with E-state index in [9.17, 15) is 4.79 Å². The quantitative estimate of drug-likeness (QED) is 0.689. The summed E-state index contributed by atoms with van der Waals surface area (Å²) >= 11 is 0. The standard InChI is InChI=1S/C21H22N6O/c28-20(26-18-5-7-19(8-6-18)27-10-1-2-11-27)17-14-24-21(25-15-17)23-13-16-4-3-9-22-12-16/h3-9,12,14-15H,1-2,10-11,13H2,(H,26,28)(H,23,24,25). The Labute approximate surface area is 163 Å². The predicted molar refractivity (Wildman–Crippen MR) is 109 cm³/mol. The molecule has 1 saturated heterocycles. The molecule has 0 bridgehead atoms. The molecule has 142 valence electrons. The third kappa shape index (κ3) is 4.43. The van der Waals surface area contributed by atoms with Crippen LogP contribution in [-0.4, -0.2) is 33.9 Å². The number of hydrogen-bond donors (Lipinski definition) is 2. The Bertz CT molecular complexity index is 906. The van der Waals surface area contributed by atoms with E-state index in [1.165, 1.54) is 30.9 Å². The van der Waals surface area contributed by atoms with Crippen molar-refractivity contribution in [1.29, 1.82) is 0 Å². The van der Waals surface area contributed by atoms with Gasteiger partial charge in [-0.05, 0) is 48.7 Å². The van der Waals surface area contributed by atoms with Crippen LogP contribution in [-0.2, 0) is 6.54 Å². The van der Waals surface area contributed by atoms with E-state index in [4.69, 9.17) is 0 Å². The first kappa shape index (κ1) is 17.9. The van der Waals surface area contributed by atoms with Gasteiger partial charge in [-0.25, -0.2) is 9.97 Å². The molecule has 1 fully saturated rings. The molecular weight excluding hydrogens is 352 g/mol. The number of nitrogens with one attached hydrogen (secondary N) is 2. The number of pyridine rings is 1. The number of nitrogens with zero attached hydrogens (tertiary/aromatic N) is 4. The normalized spacial score (nSPS) is 13.4. The third-order valence-corrected chi connectivity index (χ3v) is 4.68. The number of carbonyl (C=O) groups excluding carboxylic acids is 1. The number of benzene rings is 1. The van der Waals surface area contributed by atoms with Gasteiger partial charge >= 0.3 is 0 Å². The molecule has 7 heteroatoms. The van der Waals surface area contributed by atoms with Crippen LogP contribution in [0.5, 0.6) is 0 Å². The van der Waals surface area contributed by atoms with Crippen LogP contribution >= 0.6 is 0 Å². The van der Waals surface area contributed by atoms with Gasteiger partial charge in [-0.2, -0.15) is 0 Å². The summed E-state index contributed by atoms with van der Waals surface area (Å²) < 4.78 is 0. The molecular formula is C21H22N6O. The van der Waals surface area contributed by atoms with Crippen LogP contribution < -0.4 is 15.5 Å². The fourth-order valence-electron chi connectivity index (χ4n) is 3.15. The number of amides is 1. The van der Waals surface area contributed by atoms with Crippen LogP contribution in [0.15, 0.2) is 61.2 Å². The first-order chi connectivity index (χ1) is 13.8. The summed E-state index contributed by atoms with van der Waals surface area (Å²) in [6, 6.07) is 11.8. The first-order valence-corrected chi connectivity index (χ1v) is 9.39. The second-order valence-electron chi connectivity index (χ2n) is 6.71. The van der Waals surface area contributed by atoms with E-state index in [1.807, 2.05) is 36.4 Å². The molecule has 4 rings (SSSR count). The maximum Gasteiger partial charge on any atom is 0.258 e. The Morgan fingerprint density at radius 3 is 2.43 bits per heavy atom. The van der Waals surface area contributed by atoms with Crippen molar-refractivity contribution in [2.24, 2.45) is 0 Å². The Morgan fingerprint density at radius 2 is 1.75 bits per heavy atom. The summed E-state index contributed by atoms with van der Waals surface area (Å²) in [5, 5.41) is 6.00. The smallest absolute Gasteiger partial charge is 0.258 e. The van der Waals surface area contributed by atoms with Gasteiger partial charge in [0.2, 0.25) is 5.95 Å². The summed E-state index contributed by atoms with van der Waals surface area (Å²) in [7, 11) is 0. The molecule has 1 amide bonds. The van der Waals surface area contributed by atoms with E-state index in [0.29, 0.717) is 18.1 Å². The molecule has 2 aromatic heterocycles. The zero-order chi connectivity index (χ0) is 19.2. The van der Waals surface area contributed by atoms with Gasteiger partial charge in [0, 0.05) is 55.8 Å².